The van der Waals surface area contributed by atoms with Crippen LogP contribution in [-0.2, 0) is 0 Å². The van der Waals surface area contributed by atoms with E-state index in [9.17, 15) is 9.90 Å². The molecule has 0 heterocycles. The average molecular weight is 265 g/mol. The van der Waals surface area contributed by atoms with E-state index in [0.29, 0.717) is 24.4 Å². The van der Waals surface area contributed by atoms with Crippen LogP contribution in [-0.4, -0.2) is 29.3 Å². The van der Waals surface area contributed by atoms with Gasteiger partial charge in [0.25, 0.3) is 5.91 Å². The largest absolute Gasteiger partial charge is 0.508 e. The second-order valence-electron chi connectivity index (χ2n) is 4.88. The van der Waals surface area contributed by atoms with Crippen LogP contribution in [0.15, 0.2) is 18.2 Å². The van der Waals surface area contributed by atoms with E-state index in [1.807, 2.05) is 0 Å². The molecule has 19 heavy (non-hydrogen) atoms. The number of benzene rings is 1. The number of carbonyl (C=O) groups excluding carboxylic acids is 1. The molecule has 0 aliphatic rings. The molecule has 0 bridgehead atoms. The summed E-state index contributed by atoms with van der Waals surface area (Å²) in [7, 11) is 0. The van der Waals surface area contributed by atoms with Crippen LogP contribution in [0, 0.1) is 12.8 Å². The Morgan fingerprint density at radius 1 is 1.37 bits per heavy atom. The van der Waals surface area contributed by atoms with Crippen LogP contribution in [0.2, 0.25) is 0 Å². The van der Waals surface area contributed by atoms with Gasteiger partial charge in [-0.25, -0.2) is 0 Å². The Kier molecular flexibility index (Phi) is 6.36. The van der Waals surface area contributed by atoms with E-state index in [4.69, 9.17) is 5.11 Å². The summed E-state index contributed by atoms with van der Waals surface area (Å²) in [6.07, 6.45) is 2.75. The van der Waals surface area contributed by atoms with E-state index in [-0.39, 0.29) is 18.3 Å². The Morgan fingerprint density at radius 2 is 2.11 bits per heavy atom. The summed E-state index contributed by atoms with van der Waals surface area (Å²) in [5.41, 5.74) is 1.34. The van der Waals surface area contributed by atoms with Crippen LogP contribution in [0.3, 0.4) is 0 Å². The lowest BCUT2D eigenvalue weighted by Gasteiger charge is -2.16. The number of hydrogen-bond acceptors (Lipinski definition) is 3. The van der Waals surface area contributed by atoms with Crippen molar-refractivity contribution in [3.8, 4) is 5.75 Å². The molecule has 0 radical (unpaired) electrons. The molecule has 0 aliphatic carbocycles. The summed E-state index contributed by atoms with van der Waals surface area (Å²) in [6.45, 7) is 4.62. The molecule has 1 aromatic carbocycles. The van der Waals surface area contributed by atoms with Gasteiger partial charge in [-0.05, 0) is 49.4 Å². The number of aliphatic hydroxyl groups excluding tert-OH is 1. The Labute approximate surface area is 114 Å². The monoisotopic (exact) mass is 265 g/mol. The van der Waals surface area contributed by atoms with Gasteiger partial charge in [-0.2, -0.15) is 0 Å². The molecule has 1 unspecified atom stereocenters. The number of aliphatic hydroxyl groups is 1. The predicted molar refractivity (Wildman–Crippen MR) is 75.3 cm³/mol. The van der Waals surface area contributed by atoms with E-state index in [0.717, 1.165) is 18.4 Å². The van der Waals surface area contributed by atoms with E-state index >= 15 is 0 Å². The molecule has 0 saturated heterocycles. The number of phenols is 1. The Balaban J connectivity index is 2.58. The average Bonchev–Trinajstić information content (AvgIpc) is 2.36. The zero-order valence-electron chi connectivity index (χ0n) is 11.6. The number of aryl methyl sites for hydroxylation is 1. The van der Waals surface area contributed by atoms with Gasteiger partial charge in [0.2, 0.25) is 0 Å². The van der Waals surface area contributed by atoms with Crippen molar-refractivity contribution < 1.29 is 15.0 Å². The fourth-order valence-corrected chi connectivity index (χ4v) is 2.17. The molecule has 1 rings (SSSR count). The number of carbonyl (C=O) groups is 1. The van der Waals surface area contributed by atoms with Gasteiger partial charge in [-0.15, -0.1) is 0 Å². The highest BCUT2D eigenvalue weighted by atomic mass is 16.3. The van der Waals surface area contributed by atoms with Crippen LogP contribution >= 0.6 is 0 Å². The molecule has 0 aliphatic heterocycles. The number of phenolic OH excluding ortho intramolecular Hbond substituents is 1. The Bertz CT molecular complexity index is 412. The molecular weight excluding hydrogens is 242 g/mol. The van der Waals surface area contributed by atoms with Crippen molar-refractivity contribution in [2.45, 2.75) is 33.1 Å². The molecule has 1 amide bonds. The highest BCUT2D eigenvalue weighted by Gasteiger charge is 2.12. The first-order valence-electron chi connectivity index (χ1n) is 6.77. The van der Waals surface area contributed by atoms with Crippen molar-refractivity contribution in [2.24, 2.45) is 5.92 Å². The third kappa shape index (κ3) is 4.91. The van der Waals surface area contributed by atoms with Gasteiger partial charge < -0.3 is 15.5 Å². The lowest BCUT2D eigenvalue weighted by molar-refractivity contribution is 0.0942. The SMILES string of the molecule is CCCC(CCO)CNC(=O)c1ccc(O)cc1C. The zero-order valence-corrected chi connectivity index (χ0v) is 11.6. The molecule has 0 spiro atoms. The van der Waals surface area contributed by atoms with E-state index in [1.54, 1.807) is 19.1 Å². The fourth-order valence-electron chi connectivity index (χ4n) is 2.17. The van der Waals surface area contributed by atoms with Gasteiger partial charge in [0.15, 0.2) is 0 Å². The van der Waals surface area contributed by atoms with E-state index < -0.39 is 0 Å². The van der Waals surface area contributed by atoms with Gasteiger partial charge >= 0.3 is 0 Å². The van der Waals surface area contributed by atoms with Crippen molar-refractivity contribution in [3.05, 3.63) is 29.3 Å². The van der Waals surface area contributed by atoms with Gasteiger partial charge in [0, 0.05) is 18.7 Å². The molecule has 0 aromatic heterocycles. The van der Waals surface area contributed by atoms with Crippen molar-refractivity contribution in [2.75, 3.05) is 13.2 Å². The maximum Gasteiger partial charge on any atom is 0.251 e. The first-order chi connectivity index (χ1) is 9.08. The minimum Gasteiger partial charge on any atom is -0.508 e. The highest BCUT2D eigenvalue weighted by Crippen LogP contribution is 2.16. The molecule has 4 nitrogen and oxygen atoms in total. The van der Waals surface area contributed by atoms with Crippen LogP contribution in [0.4, 0.5) is 0 Å². The molecule has 0 saturated carbocycles. The first kappa shape index (κ1) is 15.5. The minimum absolute atomic E-state index is 0.128. The van der Waals surface area contributed by atoms with E-state index in [1.165, 1.54) is 6.07 Å². The van der Waals surface area contributed by atoms with E-state index in [2.05, 4.69) is 12.2 Å². The molecule has 3 N–H and O–H groups in total. The predicted octanol–water partition coefficient (Wildman–Crippen LogP) is 2.23. The number of amides is 1. The fraction of sp³-hybridized carbons (Fsp3) is 0.533. The van der Waals surface area contributed by atoms with Gasteiger partial charge in [0.1, 0.15) is 5.75 Å². The summed E-state index contributed by atoms with van der Waals surface area (Å²) in [6, 6.07) is 4.71. The lowest BCUT2D eigenvalue weighted by Crippen LogP contribution is -2.30. The van der Waals surface area contributed by atoms with Crippen molar-refractivity contribution in [3.63, 3.8) is 0 Å². The topological polar surface area (TPSA) is 69.6 Å². The molecule has 106 valence electrons. The third-order valence-electron chi connectivity index (χ3n) is 3.24. The first-order valence-corrected chi connectivity index (χ1v) is 6.77. The molecule has 4 heteroatoms. The third-order valence-corrected chi connectivity index (χ3v) is 3.24. The van der Waals surface area contributed by atoms with Crippen LogP contribution < -0.4 is 5.32 Å². The number of hydrogen-bond donors (Lipinski definition) is 3. The Hall–Kier alpha value is -1.55. The van der Waals surface area contributed by atoms with Crippen LogP contribution in [0.5, 0.6) is 5.75 Å². The standard InChI is InChI=1S/C15H23NO3/c1-3-4-12(7-8-17)10-16-15(19)14-6-5-13(18)9-11(14)2/h5-6,9,12,17-18H,3-4,7-8,10H2,1-2H3,(H,16,19). The van der Waals surface area contributed by atoms with Crippen molar-refractivity contribution >= 4 is 5.91 Å². The van der Waals surface area contributed by atoms with Gasteiger partial charge in [-0.1, -0.05) is 13.3 Å². The molecular formula is C15H23NO3. The quantitative estimate of drug-likeness (QED) is 0.708. The van der Waals surface area contributed by atoms with Crippen molar-refractivity contribution in [1.82, 2.24) is 5.32 Å². The van der Waals surface area contributed by atoms with Gasteiger partial charge in [-0.3, -0.25) is 4.79 Å². The summed E-state index contributed by atoms with van der Waals surface area (Å²) in [5, 5.41) is 21.2. The normalized spacial score (nSPS) is 12.2. The summed E-state index contributed by atoms with van der Waals surface area (Å²) in [5.74, 6) is 0.353. The Morgan fingerprint density at radius 3 is 2.68 bits per heavy atom. The maximum absolute atomic E-state index is 12.0. The smallest absolute Gasteiger partial charge is 0.251 e. The van der Waals surface area contributed by atoms with Gasteiger partial charge in [0.05, 0.1) is 0 Å². The molecule has 1 aromatic rings. The lowest BCUT2D eigenvalue weighted by atomic mass is 10.00. The summed E-state index contributed by atoms with van der Waals surface area (Å²) in [4.78, 5) is 12.0. The molecule has 1 atom stereocenters. The van der Waals surface area contributed by atoms with Crippen LogP contribution in [0.25, 0.3) is 0 Å². The minimum atomic E-state index is -0.128. The number of nitrogens with one attached hydrogen (secondary N) is 1. The second-order valence-corrected chi connectivity index (χ2v) is 4.88. The zero-order chi connectivity index (χ0) is 14.3. The number of aromatic hydroxyl groups is 1. The highest BCUT2D eigenvalue weighted by molar-refractivity contribution is 5.95. The second kappa shape index (κ2) is 7.79. The number of rotatable bonds is 7. The summed E-state index contributed by atoms with van der Waals surface area (Å²) < 4.78 is 0. The molecule has 0 fully saturated rings. The van der Waals surface area contributed by atoms with Crippen molar-refractivity contribution in [1.29, 1.82) is 0 Å². The summed E-state index contributed by atoms with van der Waals surface area (Å²) >= 11 is 0. The maximum atomic E-state index is 12.0. The van der Waals surface area contributed by atoms with Crippen LogP contribution in [0.1, 0.15) is 42.1 Å².